The molecule has 1 aliphatic rings. The molecule has 0 aromatic heterocycles. The van der Waals surface area contributed by atoms with Gasteiger partial charge in [-0.2, -0.15) is 0 Å². The number of carbonyl (C=O) groups is 3. The molecule has 0 aliphatic carbocycles. The minimum atomic E-state index is -1.04. The van der Waals surface area contributed by atoms with Crippen LogP contribution in [0.2, 0.25) is 10.0 Å². The Morgan fingerprint density at radius 1 is 1.06 bits per heavy atom. The number of nitrogens with zero attached hydrogens (tertiary/aromatic N) is 1. The fourth-order valence-corrected chi connectivity index (χ4v) is 3.70. The average molecular weight is 473 g/mol. The van der Waals surface area contributed by atoms with Crippen molar-refractivity contribution in [2.75, 3.05) is 6.54 Å². The van der Waals surface area contributed by atoms with Gasteiger partial charge in [-0.3, -0.25) is 4.79 Å². The van der Waals surface area contributed by atoms with Crippen molar-refractivity contribution in [1.29, 1.82) is 0 Å². The second-order valence-electron chi connectivity index (χ2n) is 9.52. The molecule has 172 valence electrons. The van der Waals surface area contributed by atoms with Crippen LogP contribution < -0.4 is 5.32 Å². The SMILES string of the molecule is CC(C)(C)OC(=O)N(C(=O)O[C@@H]1CCC(c2cccc(Cl)c2Cl)CNC1=O)C(C)(C)C. The van der Waals surface area contributed by atoms with E-state index in [1.165, 1.54) is 0 Å². The maximum Gasteiger partial charge on any atom is 0.420 e. The first-order chi connectivity index (χ1) is 14.2. The van der Waals surface area contributed by atoms with Crippen LogP contribution in [0.25, 0.3) is 0 Å². The van der Waals surface area contributed by atoms with Crippen molar-refractivity contribution >= 4 is 41.3 Å². The zero-order chi connectivity index (χ0) is 23.6. The van der Waals surface area contributed by atoms with E-state index in [0.29, 0.717) is 23.0 Å². The lowest BCUT2D eigenvalue weighted by atomic mass is 9.94. The number of rotatable bonds is 2. The Bertz CT molecular complexity index is 845. The number of halogens is 2. The van der Waals surface area contributed by atoms with E-state index in [9.17, 15) is 14.4 Å². The number of amides is 3. The predicted molar refractivity (Wildman–Crippen MR) is 120 cm³/mol. The van der Waals surface area contributed by atoms with Crippen molar-refractivity contribution < 1.29 is 23.9 Å². The molecule has 1 unspecified atom stereocenters. The molecule has 0 spiro atoms. The molecule has 1 aromatic carbocycles. The third kappa shape index (κ3) is 6.74. The second kappa shape index (κ2) is 9.65. The average Bonchev–Trinajstić information content (AvgIpc) is 2.77. The molecule has 1 aliphatic heterocycles. The van der Waals surface area contributed by atoms with Crippen molar-refractivity contribution in [3.8, 4) is 0 Å². The fraction of sp³-hybridized carbons (Fsp3) is 0.591. The summed E-state index contributed by atoms with van der Waals surface area (Å²) in [6.45, 7) is 10.5. The highest BCUT2D eigenvalue weighted by Gasteiger charge is 2.40. The minimum absolute atomic E-state index is 0.0802. The van der Waals surface area contributed by atoms with Crippen LogP contribution in [-0.2, 0) is 14.3 Å². The van der Waals surface area contributed by atoms with Crippen LogP contribution in [-0.4, -0.2) is 46.8 Å². The molecule has 1 fully saturated rings. The first-order valence-electron chi connectivity index (χ1n) is 10.2. The van der Waals surface area contributed by atoms with Crippen LogP contribution in [0.1, 0.15) is 65.9 Å². The van der Waals surface area contributed by atoms with Gasteiger partial charge in [0.15, 0.2) is 6.10 Å². The standard InChI is InChI=1S/C22H30Cl2N2O5/c1-21(2,3)26(20(29)31-22(4,5)6)19(28)30-16-11-10-13(12-25-18(16)27)14-8-7-9-15(23)17(14)24/h7-9,13,16H,10-12H2,1-6H3,(H,25,27)/t13?,16-/m1/s1. The van der Waals surface area contributed by atoms with Crippen LogP contribution in [0.3, 0.4) is 0 Å². The molecule has 1 aromatic rings. The van der Waals surface area contributed by atoms with E-state index in [4.69, 9.17) is 32.7 Å². The number of hydrogen-bond acceptors (Lipinski definition) is 5. The molecular formula is C22H30Cl2N2O5. The highest BCUT2D eigenvalue weighted by molar-refractivity contribution is 6.42. The molecule has 7 nitrogen and oxygen atoms in total. The van der Waals surface area contributed by atoms with E-state index < -0.39 is 35.3 Å². The van der Waals surface area contributed by atoms with Gasteiger partial charge in [0.05, 0.1) is 10.0 Å². The summed E-state index contributed by atoms with van der Waals surface area (Å²) in [5, 5.41) is 3.68. The maximum atomic E-state index is 12.9. The van der Waals surface area contributed by atoms with E-state index >= 15 is 0 Å². The summed E-state index contributed by atoms with van der Waals surface area (Å²) >= 11 is 12.4. The molecule has 1 saturated heterocycles. The van der Waals surface area contributed by atoms with E-state index in [1.807, 2.05) is 6.07 Å². The van der Waals surface area contributed by atoms with E-state index in [1.54, 1.807) is 53.7 Å². The Balaban J connectivity index is 2.15. The van der Waals surface area contributed by atoms with Crippen LogP contribution in [0.15, 0.2) is 18.2 Å². The summed E-state index contributed by atoms with van der Waals surface area (Å²) in [5.74, 6) is -0.504. The molecule has 3 amide bonds. The third-order valence-corrected chi connectivity index (χ3v) is 5.52. The normalized spacial score (nSPS) is 19.8. The Hall–Kier alpha value is -1.99. The molecule has 1 N–H and O–H groups in total. The summed E-state index contributed by atoms with van der Waals surface area (Å²) in [4.78, 5) is 39.0. The van der Waals surface area contributed by atoms with E-state index in [-0.39, 0.29) is 12.3 Å². The molecule has 0 saturated carbocycles. The molecule has 0 radical (unpaired) electrons. The molecule has 2 rings (SSSR count). The lowest BCUT2D eigenvalue weighted by molar-refractivity contribution is -0.130. The molecule has 9 heteroatoms. The summed E-state index contributed by atoms with van der Waals surface area (Å²) in [6.07, 6.45) is -1.98. The molecular weight excluding hydrogens is 443 g/mol. The van der Waals surface area contributed by atoms with Crippen molar-refractivity contribution in [3.05, 3.63) is 33.8 Å². The first kappa shape index (κ1) is 25.3. The second-order valence-corrected chi connectivity index (χ2v) is 10.3. The number of carbonyl (C=O) groups excluding carboxylic acids is 3. The van der Waals surface area contributed by atoms with Gasteiger partial charge in [0.25, 0.3) is 5.91 Å². The monoisotopic (exact) mass is 472 g/mol. The van der Waals surface area contributed by atoms with Gasteiger partial charge in [0, 0.05) is 18.0 Å². The Morgan fingerprint density at radius 3 is 2.29 bits per heavy atom. The van der Waals surface area contributed by atoms with Gasteiger partial charge in [0.1, 0.15) is 5.60 Å². The fourth-order valence-electron chi connectivity index (χ4n) is 3.24. The van der Waals surface area contributed by atoms with Crippen LogP contribution >= 0.6 is 23.2 Å². The highest BCUT2D eigenvalue weighted by Crippen LogP contribution is 2.34. The zero-order valence-electron chi connectivity index (χ0n) is 18.8. The summed E-state index contributed by atoms with van der Waals surface area (Å²) in [6, 6.07) is 5.36. The van der Waals surface area contributed by atoms with Crippen molar-refractivity contribution in [1.82, 2.24) is 10.2 Å². The largest absolute Gasteiger partial charge is 0.443 e. The van der Waals surface area contributed by atoms with Crippen molar-refractivity contribution in [2.45, 2.75) is 77.5 Å². The zero-order valence-corrected chi connectivity index (χ0v) is 20.3. The van der Waals surface area contributed by atoms with Crippen molar-refractivity contribution in [2.24, 2.45) is 0 Å². The van der Waals surface area contributed by atoms with Gasteiger partial charge in [-0.1, -0.05) is 35.3 Å². The van der Waals surface area contributed by atoms with Gasteiger partial charge in [-0.05, 0) is 66.0 Å². The number of benzene rings is 1. The first-order valence-corrected chi connectivity index (χ1v) is 10.9. The van der Waals surface area contributed by atoms with Gasteiger partial charge in [0.2, 0.25) is 0 Å². The smallest absolute Gasteiger partial charge is 0.420 e. The van der Waals surface area contributed by atoms with Crippen LogP contribution in [0.4, 0.5) is 9.59 Å². The quantitative estimate of drug-likeness (QED) is 0.611. The van der Waals surface area contributed by atoms with Gasteiger partial charge in [-0.15, -0.1) is 0 Å². The van der Waals surface area contributed by atoms with Gasteiger partial charge in [-0.25, -0.2) is 14.5 Å². The van der Waals surface area contributed by atoms with E-state index in [2.05, 4.69) is 5.32 Å². The Labute approximate surface area is 193 Å². The Kier molecular flexibility index (Phi) is 7.87. The summed E-state index contributed by atoms with van der Waals surface area (Å²) < 4.78 is 10.8. The molecule has 1 heterocycles. The molecule has 31 heavy (non-hydrogen) atoms. The predicted octanol–water partition coefficient (Wildman–Crippen LogP) is 5.53. The number of hydrogen-bond donors (Lipinski definition) is 1. The van der Waals surface area contributed by atoms with Gasteiger partial charge < -0.3 is 14.8 Å². The highest BCUT2D eigenvalue weighted by atomic mass is 35.5. The minimum Gasteiger partial charge on any atom is -0.443 e. The molecule has 2 atom stereocenters. The van der Waals surface area contributed by atoms with E-state index in [0.717, 1.165) is 10.5 Å². The maximum absolute atomic E-state index is 12.9. The number of ether oxygens (including phenoxy) is 2. The molecule has 0 bridgehead atoms. The van der Waals surface area contributed by atoms with Gasteiger partial charge >= 0.3 is 12.2 Å². The summed E-state index contributed by atoms with van der Waals surface area (Å²) in [5.41, 5.74) is -0.868. The number of nitrogens with one attached hydrogen (secondary N) is 1. The topological polar surface area (TPSA) is 84.9 Å². The van der Waals surface area contributed by atoms with Crippen LogP contribution in [0.5, 0.6) is 0 Å². The Morgan fingerprint density at radius 2 is 1.71 bits per heavy atom. The number of imide groups is 1. The summed E-state index contributed by atoms with van der Waals surface area (Å²) in [7, 11) is 0. The lowest BCUT2D eigenvalue weighted by Crippen LogP contribution is -2.53. The lowest BCUT2D eigenvalue weighted by Gasteiger charge is -2.34. The third-order valence-electron chi connectivity index (χ3n) is 4.69. The van der Waals surface area contributed by atoms with Crippen LogP contribution in [0, 0.1) is 0 Å². The van der Waals surface area contributed by atoms with Crippen molar-refractivity contribution in [3.63, 3.8) is 0 Å².